The zero-order chi connectivity index (χ0) is 21.3. The van der Waals surface area contributed by atoms with Crippen LogP contribution in [0, 0.1) is 0 Å². The van der Waals surface area contributed by atoms with Crippen LogP contribution in [0.2, 0.25) is 0 Å². The Kier molecular flexibility index (Phi) is 5.35. The van der Waals surface area contributed by atoms with Crippen LogP contribution in [0.5, 0.6) is 5.75 Å². The molecule has 0 saturated heterocycles. The molecule has 0 aliphatic carbocycles. The molecule has 4 rings (SSSR count). The van der Waals surface area contributed by atoms with E-state index in [4.69, 9.17) is 4.74 Å². The van der Waals surface area contributed by atoms with Crippen LogP contribution in [-0.2, 0) is 22.7 Å². The van der Waals surface area contributed by atoms with Gasteiger partial charge >= 0.3 is 0 Å². The third-order valence-electron chi connectivity index (χ3n) is 5.41. The molecular formula is C23H23N3O4. The maximum absolute atomic E-state index is 13.0. The molecule has 0 radical (unpaired) electrons. The van der Waals surface area contributed by atoms with E-state index < -0.39 is 6.04 Å². The molecule has 3 heterocycles. The minimum Gasteiger partial charge on any atom is -0.488 e. The Labute approximate surface area is 174 Å². The zero-order valence-electron chi connectivity index (χ0n) is 17.0. The molecule has 7 nitrogen and oxygen atoms in total. The number of rotatable bonds is 8. The van der Waals surface area contributed by atoms with Gasteiger partial charge in [0.2, 0.25) is 0 Å². The number of pyridine rings is 1. The van der Waals surface area contributed by atoms with Crippen molar-refractivity contribution in [2.75, 3.05) is 0 Å². The van der Waals surface area contributed by atoms with E-state index in [0.29, 0.717) is 30.9 Å². The van der Waals surface area contributed by atoms with Crippen molar-refractivity contribution in [3.05, 3.63) is 65.6 Å². The van der Waals surface area contributed by atoms with Crippen molar-refractivity contribution in [1.82, 2.24) is 14.3 Å². The highest BCUT2D eigenvalue weighted by Gasteiger charge is 2.36. The summed E-state index contributed by atoms with van der Waals surface area (Å²) in [5, 5.41) is 0. The normalized spacial score (nSPS) is 14.1. The van der Waals surface area contributed by atoms with Crippen LogP contribution in [0.3, 0.4) is 0 Å². The molecule has 0 saturated carbocycles. The van der Waals surface area contributed by atoms with Crippen molar-refractivity contribution in [2.45, 2.75) is 45.9 Å². The number of ketones is 2. The minimum atomic E-state index is -0.606. The molecule has 0 spiro atoms. The average Bonchev–Trinajstić information content (AvgIpc) is 3.31. The van der Waals surface area contributed by atoms with Crippen LogP contribution in [0.25, 0.3) is 5.65 Å². The smallest absolute Gasteiger partial charge is 0.255 e. The summed E-state index contributed by atoms with van der Waals surface area (Å²) in [6, 6.07) is 8.65. The van der Waals surface area contributed by atoms with Gasteiger partial charge in [-0.1, -0.05) is 12.1 Å². The number of carbonyl (C=O) groups excluding carboxylic acids is 3. The molecule has 7 heteroatoms. The van der Waals surface area contributed by atoms with Crippen LogP contribution >= 0.6 is 0 Å². The molecule has 1 atom stereocenters. The summed E-state index contributed by atoms with van der Waals surface area (Å²) in [5.74, 6) is 0.319. The van der Waals surface area contributed by atoms with Crippen molar-refractivity contribution in [1.29, 1.82) is 0 Å². The molecule has 1 amide bonds. The van der Waals surface area contributed by atoms with E-state index in [-0.39, 0.29) is 23.9 Å². The summed E-state index contributed by atoms with van der Waals surface area (Å²) in [4.78, 5) is 42.3. The van der Waals surface area contributed by atoms with Gasteiger partial charge in [-0.2, -0.15) is 0 Å². The SMILES string of the molecule is CC(=O)CCC(C(C)=O)N1Cc2c(OCc3ccc4nccn4c3)cccc2C1=O. The highest BCUT2D eigenvalue weighted by atomic mass is 16.5. The minimum absolute atomic E-state index is 0.00398. The quantitative estimate of drug-likeness (QED) is 0.575. The van der Waals surface area contributed by atoms with E-state index in [9.17, 15) is 14.4 Å². The fraction of sp³-hybridized carbons (Fsp3) is 0.304. The summed E-state index contributed by atoms with van der Waals surface area (Å²) >= 11 is 0. The summed E-state index contributed by atoms with van der Waals surface area (Å²) in [6.07, 6.45) is 6.17. The number of benzene rings is 1. The highest BCUT2D eigenvalue weighted by molar-refractivity contribution is 6.01. The van der Waals surface area contributed by atoms with E-state index in [1.54, 1.807) is 23.2 Å². The first-order valence-electron chi connectivity index (χ1n) is 9.91. The lowest BCUT2D eigenvalue weighted by Crippen LogP contribution is -2.40. The average molecular weight is 405 g/mol. The van der Waals surface area contributed by atoms with Gasteiger partial charge < -0.3 is 18.8 Å². The predicted molar refractivity (Wildman–Crippen MR) is 110 cm³/mol. The molecule has 154 valence electrons. The Hall–Kier alpha value is -3.48. The number of aromatic nitrogens is 2. The molecule has 30 heavy (non-hydrogen) atoms. The van der Waals surface area contributed by atoms with Gasteiger partial charge in [-0.05, 0) is 38.5 Å². The van der Waals surface area contributed by atoms with Crippen LogP contribution < -0.4 is 4.74 Å². The van der Waals surface area contributed by atoms with Crippen LogP contribution in [0.1, 0.15) is 48.2 Å². The van der Waals surface area contributed by atoms with Gasteiger partial charge in [-0.3, -0.25) is 9.59 Å². The Balaban J connectivity index is 1.53. The molecule has 1 unspecified atom stereocenters. The second-order valence-corrected chi connectivity index (χ2v) is 7.60. The van der Waals surface area contributed by atoms with E-state index in [1.807, 2.05) is 35.0 Å². The van der Waals surface area contributed by atoms with E-state index in [0.717, 1.165) is 16.8 Å². The Morgan fingerprint density at radius 2 is 2.03 bits per heavy atom. The zero-order valence-corrected chi connectivity index (χ0v) is 17.0. The van der Waals surface area contributed by atoms with Crippen molar-refractivity contribution < 1.29 is 19.1 Å². The first kappa shape index (κ1) is 19.8. The first-order valence-corrected chi connectivity index (χ1v) is 9.91. The lowest BCUT2D eigenvalue weighted by molar-refractivity contribution is -0.122. The molecule has 0 N–H and O–H groups in total. The van der Waals surface area contributed by atoms with Crippen molar-refractivity contribution >= 4 is 23.1 Å². The van der Waals surface area contributed by atoms with Crippen LogP contribution in [0.15, 0.2) is 48.9 Å². The van der Waals surface area contributed by atoms with E-state index >= 15 is 0 Å². The second-order valence-electron chi connectivity index (χ2n) is 7.60. The molecule has 0 fully saturated rings. The van der Waals surface area contributed by atoms with Gasteiger partial charge in [0.25, 0.3) is 5.91 Å². The molecule has 2 aromatic heterocycles. The fourth-order valence-electron chi connectivity index (χ4n) is 3.84. The van der Waals surface area contributed by atoms with Crippen molar-refractivity contribution in [2.24, 2.45) is 0 Å². The Bertz CT molecular complexity index is 1130. The number of amides is 1. The summed E-state index contributed by atoms with van der Waals surface area (Å²) in [7, 11) is 0. The molecule has 3 aromatic rings. The maximum Gasteiger partial charge on any atom is 0.255 e. The maximum atomic E-state index is 13.0. The van der Waals surface area contributed by atoms with Crippen LogP contribution in [0.4, 0.5) is 0 Å². The number of fused-ring (bicyclic) bond motifs is 2. The third-order valence-corrected chi connectivity index (χ3v) is 5.41. The van der Waals surface area contributed by atoms with Crippen molar-refractivity contribution in [3.63, 3.8) is 0 Å². The van der Waals surface area contributed by atoms with E-state index in [2.05, 4.69) is 4.98 Å². The lowest BCUT2D eigenvalue weighted by atomic mass is 10.0. The number of carbonyl (C=O) groups is 3. The molecular weight excluding hydrogens is 382 g/mol. The van der Waals surface area contributed by atoms with Gasteiger partial charge in [-0.25, -0.2) is 4.98 Å². The number of hydrogen-bond acceptors (Lipinski definition) is 5. The Morgan fingerprint density at radius 1 is 1.20 bits per heavy atom. The Morgan fingerprint density at radius 3 is 2.80 bits per heavy atom. The summed E-state index contributed by atoms with van der Waals surface area (Å²) < 4.78 is 7.97. The summed E-state index contributed by atoms with van der Waals surface area (Å²) in [6.45, 7) is 3.60. The number of imidazole rings is 1. The fourth-order valence-corrected chi connectivity index (χ4v) is 3.84. The third kappa shape index (κ3) is 3.83. The largest absolute Gasteiger partial charge is 0.488 e. The number of Topliss-reactive ketones (excluding diaryl/α,β-unsaturated/α-hetero) is 2. The van der Waals surface area contributed by atoms with E-state index in [1.165, 1.54) is 13.8 Å². The van der Waals surface area contributed by atoms with Gasteiger partial charge in [0.05, 0.1) is 12.6 Å². The van der Waals surface area contributed by atoms with Gasteiger partial charge in [0, 0.05) is 41.7 Å². The predicted octanol–water partition coefficient (Wildman–Crippen LogP) is 3.20. The molecule has 1 aliphatic rings. The van der Waals surface area contributed by atoms with Gasteiger partial charge in [-0.15, -0.1) is 0 Å². The van der Waals surface area contributed by atoms with Gasteiger partial charge in [0.1, 0.15) is 23.8 Å². The van der Waals surface area contributed by atoms with Crippen molar-refractivity contribution in [3.8, 4) is 5.75 Å². The standard InChI is InChI=1S/C23H23N3O4/c1-15(27)6-8-20(16(2)28)26-13-19-18(23(26)29)4-3-5-21(19)30-14-17-7-9-22-24-10-11-25(22)12-17/h3-5,7,9-12,20H,6,8,13-14H2,1-2H3. The van der Waals surface area contributed by atoms with Gasteiger partial charge in [0.15, 0.2) is 5.78 Å². The number of nitrogens with zero attached hydrogens (tertiary/aromatic N) is 3. The summed E-state index contributed by atoms with van der Waals surface area (Å²) in [5.41, 5.74) is 3.16. The number of hydrogen-bond donors (Lipinski definition) is 0. The highest BCUT2D eigenvalue weighted by Crippen LogP contribution is 2.33. The monoisotopic (exact) mass is 405 g/mol. The number of ether oxygens (including phenoxy) is 1. The first-order chi connectivity index (χ1) is 14.4. The lowest BCUT2D eigenvalue weighted by Gasteiger charge is -2.25. The van der Waals surface area contributed by atoms with Crippen LogP contribution in [-0.4, -0.2) is 37.8 Å². The molecule has 1 aliphatic heterocycles. The molecule has 0 bridgehead atoms. The molecule has 1 aromatic carbocycles. The second kappa shape index (κ2) is 8.10. The topological polar surface area (TPSA) is 81.0 Å².